The first-order valence-corrected chi connectivity index (χ1v) is 10.7. The van der Waals surface area contributed by atoms with Crippen LogP contribution in [0.25, 0.3) is 10.9 Å². The van der Waals surface area contributed by atoms with Crippen LogP contribution in [-0.2, 0) is 12.6 Å². The Balaban J connectivity index is 1.48. The highest BCUT2D eigenvalue weighted by Gasteiger charge is 2.45. The first-order valence-electron chi connectivity index (χ1n) is 10.7. The standard InChI is InChI=1S/C25H25N5O2/c1-29-15-12-21(28-29)24(32)27-25(18-7-3-2-4-8-18)13-16-30(17-23(25)31)22-11-14-26-20-10-6-5-9-19(20)22/h2-12,14-15,23,31H,13,16-17H2,1H3,(H,27,32)/t23-,25+/m1/s1. The van der Waals surface area contributed by atoms with Gasteiger partial charge in [-0.3, -0.25) is 14.5 Å². The summed E-state index contributed by atoms with van der Waals surface area (Å²) in [4.78, 5) is 19.7. The minimum Gasteiger partial charge on any atom is -0.388 e. The number of hydrogen-bond donors (Lipinski definition) is 2. The first kappa shape index (κ1) is 20.2. The van der Waals surface area contributed by atoms with E-state index in [0.717, 1.165) is 22.2 Å². The van der Waals surface area contributed by atoms with Crippen LogP contribution in [0.3, 0.4) is 0 Å². The Hall–Kier alpha value is -3.71. The maximum absolute atomic E-state index is 13.1. The second kappa shape index (κ2) is 8.09. The second-order valence-electron chi connectivity index (χ2n) is 8.23. The molecule has 7 nitrogen and oxygen atoms in total. The number of carbonyl (C=O) groups is 1. The molecule has 2 N–H and O–H groups in total. The van der Waals surface area contributed by atoms with E-state index in [4.69, 9.17) is 0 Å². The lowest BCUT2D eigenvalue weighted by molar-refractivity contribution is 0.0364. The van der Waals surface area contributed by atoms with Gasteiger partial charge in [-0.2, -0.15) is 5.10 Å². The monoisotopic (exact) mass is 427 g/mol. The lowest BCUT2D eigenvalue weighted by Gasteiger charge is -2.47. The summed E-state index contributed by atoms with van der Waals surface area (Å²) in [6, 6.07) is 21.4. The largest absolute Gasteiger partial charge is 0.388 e. The lowest BCUT2D eigenvalue weighted by Crippen LogP contribution is -2.62. The zero-order valence-electron chi connectivity index (χ0n) is 17.8. The van der Waals surface area contributed by atoms with E-state index < -0.39 is 11.6 Å². The number of benzene rings is 2. The summed E-state index contributed by atoms with van der Waals surface area (Å²) in [7, 11) is 1.77. The topological polar surface area (TPSA) is 83.3 Å². The number of aliphatic hydroxyl groups is 1. The van der Waals surface area contributed by atoms with Crippen LogP contribution in [-0.4, -0.2) is 45.0 Å². The number of aliphatic hydroxyl groups excluding tert-OH is 1. The molecule has 3 heterocycles. The van der Waals surface area contributed by atoms with Crippen LogP contribution < -0.4 is 10.2 Å². The Kier molecular flexibility index (Phi) is 5.11. The van der Waals surface area contributed by atoms with Crippen LogP contribution in [0, 0.1) is 0 Å². The number of pyridine rings is 1. The Morgan fingerprint density at radius 2 is 1.88 bits per heavy atom. The molecule has 1 aliphatic heterocycles. The molecule has 0 aliphatic carbocycles. The minimum absolute atomic E-state index is 0.295. The highest BCUT2D eigenvalue weighted by atomic mass is 16.3. The van der Waals surface area contributed by atoms with Gasteiger partial charge in [0.2, 0.25) is 0 Å². The normalized spacial score (nSPS) is 20.9. The van der Waals surface area contributed by atoms with Gasteiger partial charge in [0.1, 0.15) is 5.69 Å². The molecule has 0 spiro atoms. The Morgan fingerprint density at radius 1 is 1.09 bits per heavy atom. The van der Waals surface area contributed by atoms with E-state index >= 15 is 0 Å². The van der Waals surface area contributed by atoms with E-state index in [9.17, 15) is 9.90 Å². The number of aryl methyl sites for hydroxylation is 1. The van der Waals surface area contributed by atoms with Crippen LogP contribution >= 0.6 is 0 Å². The van der Waals surface area contributed by atoms with Gasteiger partial charge in [-0.15, -0.1) is 0 Å². The number of β-amino-alcohol motifs (C(OH)–C–C–N with tert-alkyl or cyclic N) is 1. The van der Waals surface area contributed by atoms with Gasteiger partial charge in [-0.1, -0.05) is 48.5 Å². The Labute approximate surface area is 186 Å². The molecule has 2 atom stereocenters. The first-order chi connectivity index (χ1) is 15.6. The maximum atomic E-state index is 13.1. The van der Waals surface area contributed by atoms with Crippen molar-refractivity contribution < 1.29 is 9.90 Å². The molecule has 162 valence electrons. The van der Waals surface area contributed by atoms with E-state index in [-0.39, 0.29) is 5.91 Å². The quantitative estimate of drug-likeness (QED) is 0.523. The third-order valence-corrected chi connectivity index (χ3v) is 6.28. The van der Waals surface area contributed by atoms with Crippen LogP contribution in [0.4, 0.5) is 5.69 Å². The third-order valence-electron chi connectivity index (χ3n) is 6.28. The summed E-state index contributed by atoms with van der Waals surface area (Å²) in [6.07, 6.45) is 3.26. The van der Waals surface area contributed by atoms with Gasteiger partial charge in [0.25, 0.3) is 5.91 Å². The zero-order valence-corrected chi connectivity index (χ0v) is 17.8. The van der Waals surface area contributed by atoms with Crippen molar-refractivity contribution in [2.24, 2.45) is 7.05 Å². The number of rotatable bonds is 4. The van der Waals surface area contributed by atoms with Crippen molar-refractivity contribution in [1.82, 2.24) is 20.1 Å². The van der Waals surface area contributed by atoms with Gasteiger partial charge in [-0.05, 0) is 30.2 Å². The van der Waals surface area contributed by atoms with Crippen molar-refractivity contribution >= 4 is 22.5 Å². The average Bonchev–Trinajstić information content (AvgIpc) is 3.27. The van der Waals surface area contributed by atoms with Crippen molar-refractivity contribution in [2.45, 2.75) is 18.1 Å². The highest BCUT2D eigenvalue weighted by molar-refractivity contribution is 5.93. The number of aromatic nitrogens is 3. The highest BCUT2D eigenvalue weighted by Crippen LogP contribution is 2.37. The number of carbonyl (C=O) groups excluding carboxylic acids is 1. The second-order valence-corrected chi connectivity index (χ2v) is 8.23. The molecule has 2 aromatic heterocycles. The van der Waals surface area contributed by atoms with Crippen molar-refractivity contribution in [1.29, 1.82) is 0 Å². The van der Waals surface area contributed by atoms with Crippen LogP contribution in [0.15, 0.2) is 79.1 Å². The van der Waals surface area contributed by atoms with E-state index in [1.807, 2.05) is 60.7 Å². The van der Waals surface area contributed by atoms with Crippen molar-refractivity contribution in [3.8, 4) is 0 Å². The average molecular weight is 428 g/mol. The molecular weight excluding hydrogens is 402 g/mol. The zero-order chi connectivity index (χ0) is 22.1. The van der Waals surface area contributed by atoms with Crippen molar-refractivity contribution in [3.63, 3.8) is 0 Å². The van der Waals surface area contributed by atoms with Crippen molar-refractivity contribution in [2.75, 3.05) is 18.0 Å². The molecular formula is C25H25N5O2. The number of piperidine rings is 1. The fourth-order valence-electron chi connectivity index (χ4n) is 4.60. The third kappa shape index (κ3) is 3.50. The van der Waals surface area contributed by atoms with Gasteiger partial charge in [0.15, 0.2) is 0 Å². The van der Waals surface area contributed by atoms with E-state index in [1.54, 1.807) is 30.2 Å². The Bertz CT molecular complexity index is 1250. The predicted octanol–water partition coefficient (Wildman–Crippen LogP) is 2.86. The summed E-state index contributed by atoms with van der Waals surface area (Å²) < 4.78 is 1.59. The molecule has 1 amide bonds. The number of hydrogen-bond acceptors (Lipinski definition) is 5. The van der Waals surface area contributed by atoms with Crippen LogP contribution in [0.1, 0.15) is 22.5 Å². The fourth-order valence-corrected chi connectivity index (χ4v) is 4.60. The molecule has 1 aliphatic rings. The van der Waals surface area contributed by atoms with Crippen LogP contribution in [0.2, 0.25) is 0 Å². The molecule has 0 saturated carbocycles. The summed E-state index contributed by atoms with van der Waals surface area (Å²) in [6.45, 7) is 1.05. The van der Waals surface area contributed by atoms with E-state index in [1.165, 1.54) is 0 Å². The molecule has 4 aromatic rings. The van der Waals surface area contributed by atoms with E-state index in [2.05, 4.69) is 20.3 Å². The molecule has 32 heavy (non-hydrogen) atoms. The lowest BCUT2D eigenvalue weighted by atomic mass is 9.78. The number of amides is 1. The number of nitrogens with zero attached hydrogens (tertiary/aromatic N) is 4. The molecule has 5 rings (SSSR count). The summed E-state index contributed by atoms with van der Waals surface area (Å²) in [5, 5.41) is 19.9. The number of nitrogens with one attached hydrogen (secondary N) is 1. The number of para-hydroxylation sites is 1. The molecule has 2 aromatic carbocycles. The summed E-state index contributed by atoms with van der Waals surface area (Å²) in [5.41, 5.74) is 2.26. The predicted molar refractivity (Wildman–Crippen MR) is 123 cm³/mol. The Morgan fingerprint density at radius 3 is 2.62 bits per heavy atom. The molecule has 1 saturated heterocycles. The molecule has 7 heteroatoms. The summed E-state index contributed by atoms with van der Waals surface area (Å²) in [5.74, 6) is -0.295. The molecule has 1 fully saturated rings. The fraction of sp³-hybridized carbons (Fsp3) is 0.240. The number of fused-ring (bicyclic) bond motifs is 1. The van der Waals surface area contributed by atoms with E-state index in [0.29, 0.717) is 25.2 Å². The van der Waals surface area contributed by atoms with Crippen LogP contribution in [0.5, 0.6) is 0 Å². The van der Waals surface area contributed by atoms with Gasteiger partial charge in [0, 0.05) is 43.6 Å². The molecule has 0 bridgehead atoms. The van der Waals surface area contributed by atoms with Gasteiger partial charge in [0.05, 0.1) is 17.2 Å². The SMILES string of the molecule is Cn1ccc(C(=O)N[C@]2(c3ccccc3)CCN(c3ccnc4ccccc34)C[C@H]2O)n1. The van der Waals surface area contributed by atoms with Gasteiger partial charge >= 0.3 is 0 Å². The van der Waals surface area contributed by atoms with Crippen molar-refractivity contribution in [3.05, 3.63) is 90.4 Å². The minimum atomic E-state index is -0.908. The molecule has 0 radical (unpaired) electrons. The van der Waals surface area contributed by atoms with Gasteiger partial charge < -0.3 is 15.3 Å². The number of anilines is 1. The maximum Gasteiger partial charge on any atom is 0.272 e. The smallest absolute Gasteiger partial charge is 0.272 e. The molecule has 0 unspecified atom stereocenters. The van der Waals surface area contributed by atoms with Gasteiger partial charge in [-0.25, -0.2) is 0 Å². The summed E-state index contributed by atoms with van der Waals surface area (Å²) >= 11 is 0.